The molecule has 1 heterocycles. The van der Waals surface area contributed by atoms with Gasteiger partial charge in [0.2, 0.25) is 0 Å². The second-order valence-electron chi connectivity index (χ2n) is 3.55. The number of nitrogens with one attached hydrogen (secondary N) is 1. The van der Waals surface area contributed by atoms with Gasteiger partial charge in [-0.15, -0.1) is 0 Å². The van der Waals surface area contributed by atoms with E-state index in [1.165, 1.54) is 14.2 Å². The number of carbonyl (C=O) groups is 1. The number of aromatic nitrogens is 1. The van der Waals surface area contributed by atoms with Gasteiger partial charge in [-0.05, 0) is 0 Å². The third-order valence-corrected chi connectivity index (χ3v) is 2.69. The van der Waals surface area contributed by atoms with Crippen LogP contribution in [-0.4, -0.2) is 25.2 Å². The Morgan fingerprint density at radius 2 is 1.89 bits per heavy atom. The monoisotopic (exact) mass is 279 g/mol. The fourth-order valence-corrected chi connectivity index (χ4v) is 1.80. The molecule has 2 aromatic rings. The predicted octanol–water partition coefficient (Wildman–Crippen LogP) is 2.55. The summed E-state index contributed by atoms with van der Waals surface area (Å²) in [6.45, 7) is 0. The minimum atomic E-state index is -0.669. The SMILES string of the molecule is COc1cc2cc(C(=O)OC#P=O)[nH]c2cc1OC. The van der Waals surface area contributed by atoms with Crippen LogP contribution in [0.25, 0.3) is 10.9 Å². The number of benzene rings is 1. The average Bonchev–Trinajstić information content (AvgIpc) is 2.85. The Labute approximate surface area is 109 Å². The van der Waals surface area contributed by atoms with E-state index in [4.69, 9.17) is 9.47 Å². The van der Waals surface area contributed by atoms with Crippen molar-refractivity contribution >= 4 is 24.8 Å². The Hall–Kier alpha value is -2.16. The van der Waals surface area contributed by atoms with Gasteiger partial charge in [0.05, 0.1) is 0 Å². The van der Waals surface area contributed by atoms with Crippen LogP contribution < -0.4 is 9.47 Å². The van der Waals surface area contributed by atoms with E-state index in [0.29, 0.717) is 17.0 Å². The summed E-state index contributed by atoms with van der Waals surface area (Å²) in [5, 5.41) is 0.768. The predicted molar refractivity (Wildman–Crippen MR) is 68.3 cm³/mol. The number of esters is 1. The summed E-state index contributed by atoms with van der Waals surface area (Å²) in [6.07, 6.45) is 0. The van der Waals surface area contributed by atoms with Crippen molar-refractivity contribution in [1.29, 1.82) is 0 Å². The van der Waals surface area contributed by atoms with Gasteiger partial charge in [-0.25, -0.2) is 0 Å². The molecule has 0 fully saturated rings. The van der Waals surface area contributed by atoms with Gasteiger partial charge < -0.3 is 0 Å². The van der Waals surface area contributed by atoms with Crippen molar-refractivity contribution in [3.8, 4) is 17.3 Å². The first kappa shape index (κ1) is 13.3. The topological polar surface area (TPSA) is 77.6 Å². The van der Waals surface area contributed by atoms with Crippen LogP contribution in [0.1, 0.15) is 10.5 Å². The molecule has 0 aliphatic carbocycles. The molecule has 0 spiro atoms. The van der Waals surface area contributed by atoms with Crippen molar-refractivity contribution in [1.82, 2.24) is 4.98 Å². The quantitative estimate of drug-likeness (QED) is 0.690. The number of hydrogen-bond donors (Lipinski definition) is 1. The van der Waals surface area contributed by atoms with Gasteiger partial charge in [-0.1, -0.05) is 0 Å². The average molecular weight is 279 g/mol. The maximum atomic E-state index is 11.6. The van der Waals surface area contributed by atoms with Crippen LogP contribution in [0.5, 0.6) is 11.5 Å². The molecule has 6 nitrogen and oxygen atoms in total. The number of fused-ring (bicyclic) bond motifs is 1. The van der Waals surface area contributed by atoms with E-state index < -0.39 is 13.9 Å². The molecular weight excluding hydrogens is 269 g/mol. The molecule has 1 aromatic heterocycles. The number of H-pyrrole nitrogens is 1. The first-order chi connectivity index (χ1) is 9.19. The zero-order valence-electron chi connectivity index (χ0n) is 10.2. The van der Waals surface area contributed by atoms with Gasteiger partial charge >= 0.3 is 109 Å². The van der Waals surface area contributed by atoms with E-state index in [-0.39, 0.29) is 5.69 Å². The van der Waals surface area contributed by atoms with Crippen molar-refractivity contribution < 1.29 is 23.6 Å². The molecule has 98 valence electrons. The van der Waals surface area contributed by atoms with Gasteiger partial charge in [0, 0.05) is 0 Å². The molecule has 0 saturated carbocycles. The van der Waals surface area contributed by atoms with Crippen molar-refractivity contribution in [2.45, 2.75) is 0 Å². The Bertz CT molecular complexity index is 690. The first-order valence-corrected chi connectivity index (χ1v) is 6.04. The first-order valence-electron chi connectivity index (χ1n) is 5.23. The van der Waals surface area contributed by atoms with Crippen LogP contribution in [0.15, 0.2) is 18.2 Å². The van der Waals surface area contributed by atoms with Gasteiger partial charge in [-0.2, -0.15) is 0 Å². The Balaban J connectivity index is 2.47. The number of methoxy groups -OCH3 is 2. The molecule has 0 aliphatic heterocycles. The van der Waals surface area contributed by atoms with E-state index in [1.807, 2.05) is 5.81 Å². The van der Waals surface area contributed by atoms with Gasteiger partial charge in [-0.3, -0.25) is 0 Å². The summed E-state index contributed by atoms with van der Waals surface area (Å²) in [7, 11) is 2.57. The van der Waals surface area contributed by atoms with Crippen LogP contribution in [-0.2, 0) is 9.30 Å². The van der Waals surface area contributed by atoms with Crippen LogP contribution in [0.4, 0.5) is 0 Å². The Kier molecular flexibility index (Phi) is 3.95. The summed E-state index contributed by atoms with van der Waals surface area (Å²) in [5.41, 5.74) is 0.922. The number of aromatic amines is 1. The fraction of sp³-hybridized carbons (Fsp3) is 0.167. The van der Waals surface area contributed by atoms with Crippen LogP contribution in [0.2, 0.25) is 0 Å². The van der Waals surface area contributed by atoms with Gasteiger partial charge in [0.15, 0.2) is 0 Å². The third-order valence-electron chi connectivity index (χ3n) is 2.52. The van der Waals surface area contributed by atoms with E-state index >= 15 is 0 Å². The van der Waals surface area contributed by atoms with E-state index in [0.717, 1.165) is 5.39 Å². The number of rotatable bonds is 3. The van der Waals surface area contributed by atoms with Gasteiger partial charge in [0.1, 0.15) is 0 Å². The van der Waals surface area contributed by atoms with Crippen LogP contribution in [0, 0.1) is 5.81 Å². The summed E-state index contributed by atoms with van der Waals surface area (Å²) < 4.78 is 25.0. The molecule has 0 amide bonds. The van der Waals surface area contributed by atoms with Crippen molar-refractivity contribution in [3.05, 3.63) is 23.9 Å². The number of ether oxygens (including phenoxy) is 3. The molecule has 0 atom stereocenters. The summed E-state index contributed by atoms with van der Waals surface area (Å²) >= 11 is 0. The molecule has 0 unspecified atom stereocenters. The number of hydrogen-bond acceptors (Lipinski definition) is 5. The van der Waals surface area contributed by atoms with Crippen LogP contribution in [0.3, 0.4) is 0 Å². The Morgan fingerprint density at radius 1 is 1.21 bits per heavy atom. The van der Waals surface area contributed by atoms with Crippen molar-refractivity contribution in [3.63, 3.8) is 0 Å². The van der Waals surface area contributed by atoms with Crippen molar-refractivity contribution in [2.24, 2.45) is 0 Å². The van der Waals surface area contributed by atoms with E-state index in [2.05, 4.69) is 9.72 Å². The third kappa shape index (κ3) is 2.65. The summed E-state index contributed by atoms with van der Waals surface area (Å²) in [5.74, 6) is 2.37. The molecule has 0 aliphatic rings. The van der Waals surface area contributed by atoms with E-state index in [1.54, 1.807) is 18.2 Å². The maximum absolute atomic E-state index is 11.6. The van der Waals surface area contributed by atoms with Crippen LogP contribution >= 0.6 is 7.92 Å². The fourth-order valence-electron chi connectivity index (χ4n) is 1.68. The molecule has 7 heteroatoms. The van der Waals surface area contributed by atoms with Gasteiger partial charge in [0.25, 0.3) is 0 Å². The molecule has 1 aromatic carbocycles. The van der Waals surface area contributed by atoms with Crippen molar-refractivity contribution in [2.75, 3.05) is 14.2 Å². The normalized spacial score (nSPS) is 9.79. The molecule has 1 N–H and O–H groups in total. The molecule has 0 radical (unpaired) electrons. The molecule has 19 heavy (non-hydrogen) atoms. The molecule has 0 bridgehead atoms. The summed E-state index contributed by atoms with van der Waals surface area (Å²) in [4.78, 5) is 14.4. The molecular formula is C12H10NO5P. The molecule has 2 rings (SSSR count). The zero-order valence-corrected chi connectivity index (χ0v) is 11.1. The second-order valence-corrected chi connectivity index (χ2v) is 3.91. The zero-order chi connectivity index (χ0) is 13.8. The number of carbonyl (C=O) groups excluding carboxylic acids is 1. The molecule has 0 saturated heterocycles. The standard InChI is InChI=1S/C12H10NO5P/c1-16-10-4-7-3-9(12(14)18-6-19-15)13-8(7)5-11(10)17-2/h3-5,13H,1-2H3. The Morgan fingerprint density at radius 3 is 2.53 bits per heavy atom. The minimum absolute atomic E-state index is 0.224. The van der Waals surface area contributed by atoms with E-state index in [9.17, 15) is 9.36 Å². The summed E-state index contributed by atoms with van der Waals surface area (Å²) in [6, 6.07) is 5.05. The second kappa shape index (κ2) is 5.65.